The van der Waals surface area contributed by atoms with Gasteiger partial charge in [-0.1, -0.05) is 17.7 Å². The maximum atomic E-state index is 14.9. The molecule has 0 unspecified atom stereocenters. The molecule has 0 saturated heterocycles. The van der Waals surface area contributed by atoms with Crippen molar-refractivity contribution in [2.75, 3.05) is 5.32 Å². The quantitative estimate of drug-likeness (QED) is 0.362. The zero-order valence-electron chi connectivity index (χ0n) is 17.2. The van der Waals surface area contributed by atoms with Crippen LogP contribution in [0, 0.1) is 19.7 Å². The Morgan fingerprint density at radius 3 is 2.47 bits per heavy atom. The number of rotatable bonds is 5. The predicted octanol–water partition coefficient (Wildman–Crippen LogP) is 6.13. The molecule has 3 aromatic rings. The average Bonchev–Trinajstić information content (AvgIpc) is 2.71. The number of carbonyl (C=O) groups is 1. The van der Waals surface area contributed by atoms with Crippen LogP contribution in [0.2, 0.25) is 5.15 Å². The van der Waals surface area contributed by atoms with Crippen molar-refractivity contribution >= 4 is 23.2 Å². The van der Waals surface area contributed by atoms with Crippen molar-refractivity contribution in [2.24, 2.45) is 0 Å². The molecule has 2 aromatic heterocycles. The van der Waals surface area contributed by atoms with Crippen molar-refractivity contribution < 1.29 is 27.1 Å². The zero-order chi connectivity index (χ0) is 23.6. The first-order valence-corrected chi connectivity index (χ1v) is 9.77. The van der Waals surface area contributed by atoms with Gasteiger partial charge in [0.05, 0.1) is 16.9 Å². The van der Waals surface area contributed by atoms with Gasteiger partial charge in [-0.05, 0) is 56.2 Å². The number of carbonyl (C=O) groups excluding carboxylic acids is 1. The van der Waals surface area contributed by atoms with Crippen molar-refractivity contribution in [1.82, 2.24) is 9.97 Å². The molecule has 0 saturated carbocycles. The lowest BCUT2D eigenvalue weighted by Crippen LogP contribution is -2.32. The van der Waals surface area contributed by atoms with Gasteiger partial charge in [0.2, 0.25) is 0 Å². The Morgan fingerprint density at radius 2 is 1.88 bits per heavy atom. The first-order valence-electron chi connectivity index (χ1n) is 9.39. The Balaban J connectivity index is 2.08. The molecule has 0 radical (unpaired) electrons. The number of hydrogen-bond donors (Lipinski definition) is 1. The van der Waals surface area contributed by atoms with Crippen LogP contribution in [0.25, 0.3) is 11.3 Å². The second-order valence-corrected chi connectivity index (χ2v) is 7.46. The maximum absolute atomic E-state index is 14.9. The summed E-state index contributed by atoms with van der Waals surface area (Å²) < 4.78 is 59.3. The van der Waals surface area contributed by atoms with Crippen LogP contribution in [-0.2, 0) is 0 Å². The number of benzene rings is 1. The number of amides is 1. The summed E-state index contributed by atoms with van der Waals surface area (Å²) in [4.78, 5) is 20.8. The van der Waals surface area contributed by atoms with Crippen molar-refractivity contribution in [3.05, 3.63) is 70.4 Å². The molecule has 0 aliphatic rings. The minimum Gasteiger partial charge on any atom is -0.480 e. The fraction of sp³-hybridized carbons (Fsp3) is 0.227. The highest BCUT2D eigenvalue weighted by molar-refractivity contribution is 6.33. The van der Waals surface area contributed by atoms with Crippen LogP contribution in [0.5, 0.6) is 5.75 Å². The van der Waals surface area contributed by atoms with Crippen LogP contribution < -0.4 is 10.1 Å². The first-order chi connectivity index (χ1) is 15.0. The number of anilines is 1. The SMILES string of the molecule is Cc1ccc(-c2cc(O[C@@H](C)C(F)(F)F)c(C(=O)Nc3c(C)ccnc3Cl)cc2F)nc1. The van der Waals surface area contributed by atoms with Crippen molar-refractivity contribution in [1.29, 1.82) is 0 Å². The van der Waals surface area contributed by atoms with Crippen LogP contribution in [-0.4, -0.2) is 28.2 Å². The van der Waals surface area contributed by atoms with E-state index in [1.54, 1.807) is 26.0 Å². The van der Waals surface area contributed by atoms with Gasteiger partial charge in [-0.3, -0.25) is 9.78 Å². The van der Waals surface area contributed by atoms with Gasteiger partial charge < -0.3 is 10.1 Å². The van der Waals surface area contributed by atoms with Crippen molar-refractivity contribution in [3.63, 3.8) is 0 Å². The van der Waals surface area contributed by atoms with Gasteiger partial charge in [0.25, 0.3) is 5.91 Å². The second-order valence-electron chi connectivity index (χ2n) is 7.10. The van der Waals surface area contributed by atoms with E-state index in [0.717, 1.165) is 24.6 Å². The highest BCUT2D eigenvalue weighted by Crippen LogP contribution is 2.34. The Morgan fingerprint density at radius 1 is 1.16 bits per heavy atom. The largest absolute Gasteiger partial charge is 0.480 e. The Bertz CT molecular complexity index is 1130. The fourth-order valence-corrected chi connectivity index (χ4v) is 3.02. The molecule has 1 atom stereocenters. The van der Waals surface area contributed by atoms with Gasteiger partial charge >= 0.3 is 6.18 Å². The van der Waals surface area contributed by atoms with Crippen LogP contribution >= 0.6 is 11.6 Å². The molecule has 168 valence electrons. The van der Waals surface area contributed by atoms with E-state index in [1.165, 1.54) is 18.5 Å². The third kappa shape index (κ3) is 5.16. The Hall–Kier alpha value is -3.20. The number of pyridine rings is 2. The smallest absolute Gasteiger partial charge is 0.425 e. The summed E-state index contributed by atoms with van der Waals surface area (Å²) in [7, 11) is 0. The highest BCUT2D eigenvalue weighted by atomic mass is 35.5. The molecule has 32 heavy (non-hydrogen) atoms. The van der Waals surface area contributed by atoms with Gasteiger partial charge in [-0.2, -0.15) is 13.2 Å². The lowest BCUT2D eigenvalue weighted by molar-refractivity contribution is -0.189. The molecule has 0 spiro atoms. The second kappa shape index (κ2) is 9.12. The molecular weight excluding hydrogens is 450 g/mol. The molecule has 10 heteroatoms. The highest BCUT2D eigenvalue weighted by Gasteiger charge is 2.39. The van der Waals surface area contributed by atoms with Crippen LogP contribution in [0.3, 0.4) is 0 Å². The Labute approximate surface area is 186 Å². The maximum Gasteiger partial charge on any atom is 0.425 e. The summed E-state index contributed by atoms with van der Waals surface area (Å²) in [5, 5.41) is 2.44. The van der Waals surface area contributed by atoms with E-state index < -0.39 is 35.3 Å². The van der Waals surface area contributed by atoms with E-state index in [0.29, 0.717) is 5.56 Å². The summed E-state index contributed by atoms with van der Waals surface area (Å²) in [6.45, 7) is 4.22. The van der Waals surface area contributed by atoms with Crippen LogP contribution in [0.15, 0.2) is 42.7 Å². The predicted molar refractivity (Wildman–Crippen MR) is 112 cm³/mol. The molecule has 1 amide bonds. The molecular formula is C22H18ClF4N3O2. The van der Waals surface area contributed by atoms with E-state index in [1.807, 2.05) is 0 Å². The van der Waals surface area contributed by atoms with Gasteiger partial charge in [-0.15, -0.1) is 0 Å². The van der Waals surface area contributed by atoms with E-state index in [-0.39, 0.29) is 22.1 Å². The third-order valence-corrected chi connectivity index (χ3v) is 4.90. The minimum atomic E-state index is -4.70. The lowest BCUT2D eigenvalue weighted by Gasteiger charge is -2.21. The van der Waals surface area contributed by atoms with Gasteiger partial charge in [0.15, 0.2) is 11.3 Å². The van der Waals surface area contributed by atoms with Crippen LogP contribution in [0.1, 0.15) is 28.4 Å². The van der Waals surface area contributed by atoms with Crippen molar-refractivity contribution in [3.8, 4) is 17.0 Å². The summed E-state index contributed by atoms with van der Waals surface area (Å²) in [6, 6.07) is 6.61. The third-order valence-electron chi connectivity index (χ3n) is 4.62. The normalized spacial score (nSPS) is 12.4. The summed E-state index contributed by atoms with van der Waals surface area (Å²) >= 11 is 6.01. The van der Waals surface area contributed by atoms with E-state index in [4.69, 9.17) is 16.3 Å². The van der Waals surface area contributed by atoms with Gasteiger partial charge in [0.1, 0.15) is 11.6 Å². The van der Waals surface area contributed by atoms with E-state index in [2.05, 4.69) is 15.3 Å². The average molecular weight is 468 g/mol. The number of halogens is 5. The van der Waals surface area contributed by atoms with Crippen molar-refractivity contribution in [2.45, 2.75) is 33.1 Å². The molecule has 0 aliphatic carbocycles. The molecule has 0 fully saturated rings. The first kappa shape index (κ1) is 23.5. The van der Waals surface area contributed by atoms with Gasteiger partial charge in [-0.25, -0.2) is 9.37 Å². The summed E-state index contributed by atoms with van der Waals surface area (Å²) in [5.41, 5.74) is 1.16. The number of hydrogen-bond acceptors (Lipinski definition) is 4. The van der Waals surface area contributed by atoms with Crippen LogP contribution in [0.4, 0.5) is 23.2 Å². The fourth-order valence-electron chi connectivity index (χ4n) is 2.77. The molecule has 1 N–H and O–H groups in total. The number of aromatic nitrogens is 2. The topological polar surface area (TPSA) is 64.1 Å². The van der Waals surface area contributed by atoms with E-state index in [9.17, 15) is 22.4 Å². The molecule has 2 heterocycles. The molecule has 5 nitrogen and oxygen atoms in total. The molecule has 0 bridgehead atoms. The number of ether oxygens (including phenoxy) is 1. The number of aryl methyl sites for hydroxylation is 2. The standard InChI is InChI=1S/C22H18ClF4N3O2/c1-11-4-5-17(29-10-11)14-9-18(32-13(3)22(25,26)27)15(8-16(14)24)21(31)30-19-12(2)6-7-28-20(19)23/h4-10,13H,1-3H3,(H,30,31)/t13-/m0/s1. The summed E-state index contributed by atoms with van der Waals surface area (Å²) in [5.74, 6) is -2.22. The zero-order valence-corrected chi connectivity index (χ0v) is 18.0. The monoisotopic (exact) mass is 467 g/mol. The molecule has 1 aromatic carbocycles. The van der Waals surface area contributed by atoms with E-state index >= 15 is 0 Å². The van der Waals surface area contributed by atoms with Gasteiger partial charge in [0, 0.05) is 18.0 Å². The molecule has 0 aliphatic heterocycles. The minimum absolute atomic E-state index is 0.0228. The number of nitrogens with zero attached hydrogens (tertiary/aromatic N) is 2. The number of nitrogens with one attached hydrogen (secondary N) is 1. The lowest BCUT2D eigenvalue weighted by atomic mass is 10.0. The Kier molecular flexibility index (Phi) is 6.68. The number of alkyl halides is 3. The molecule has 3 rings (SSSR count). The summed E-state index contributed by atoms with van der Waals surface area (Å²) in [6.07, 6.45) is -4.03.